The summed E-state index contributed by atoms with van der Waals surface area (Å²) in [6.07, 6.45) is -4.62. The fourth-order valence-electron chi connectivity index (χ4n) is 1.25. The first-order chi connectivity index (χ1) is 8.31. The molecule has 0 atom stereocenters. The van der Waals surface area contributed by atoms with Crippen LogP contribution in [0.5, 0.6) is 0 Å². The van der Waals surface area contributed by atoms with E-state index in [1.165, 1.54) is 22.6 Å². The van der Waals surface area contributed by atoms with E-state index in [1.807, 2.05) is 0 Å². The normalized spacial score (nSPS) is 10.9. The van der Waals surface area contributed by atoms with Crippen molar-refractivity contribution in [1.82, 2.24) is 0 Å². The van der Waals surface area contributed by atoms with Crippen molar-refractivity contribution in [3.63, 3.8) is 0 Å². The molecule has 0 saturated heterocycles. The summed E-state index contributed by atoms with van der Waals surface area (Å²) in [5.41, 5.74) is -1.49. The molecule has 1 rings (SSSR count). The van der Waals surface area contributed by atoms with Gasteiger partial charge in [0.05, 0.1) is 29.4 Å². The third-order valence-electron chi connectivity index (χ3n) is 2.00. The van der Waals surface area contributed by atoms with Crippen LogP contribution in [0.15, 0.2) is 12.1 Å². The second-order valence-corrected chi connectivity index (χ2v) is 4.29. The van der Waals surface area contributed by atoms with Gasteiger partial charge in [-0.15, -0.1) is 0 Å². The molecule has 1 aromatic carbocycles. The summed E-state index contributed by atoms with van der Waals surface area (Å²) in [6, 6.07) is 3.40. The molecule has 0 unspecified atom stereocenters. The molecule has 18 heavy (non-hydrogen) atoms. The Hall–Kier alpha value is -1.30. The lowest BCUT2D eigenvalue weighted by Crippen LogP contribution is -2.14. The van der Waals surface area contributed by atoms with Crippen LogP contribution in [0.25, 0.3) is 0 Å². The number of nitriles is 1. The summed E-state index contributed by atoms with van der Waals surface area (Å²) in [5.74, 6) is -0.871. The SMILES string of the molecule is CCOC(=O)c1cc(C#N)cc(C(F)(F)F)c1I. The Labute approximate surface area is 115 Å². The van der Waals surface area contributed by atoms with Gasteiger partial charge in [0.15, 0.2) is 0 Å². The molecular formula is C11H7F3INO2. The minimum absolute atomic E-state index is 0.0487. The quantitative estimate of drug-likeness (QED) is 0.594. The standard InChI is InChI=1S/C11H7F3INO2/c1-2-18-10(17)7-3-6(5-16)4-8(9(7)15)11(12,13)14/h3-4H,2H2,1H3. The van der Waals surface area contributed by atoms with Gasteiger partial charge in [-0.1, -0.05) is 0 Å². The van der Waals surface area contributed by atoms with Crippen LogP contribution in [0.4, 0.5) is 13.2 Å². The van der Waals surface area contributed by atoms with Crippen LogP contribution in [0.1, 0.15) is 28.4 Å². The molecular weight excluding hydrogens is 362 g/mol. The van der Waals surface area contributed by atoms with E-state index in [0.717, 1.165) is 6.07 Å². The smallest absolute Gasteiger partial charge is 0.417 e. The number of benzene rings is 1. The predicted octanol–water partition coefficient (Wildman–Crippen LogP) is 3.36. The van der Waals surface area contributed by atoms with Crippen LogP contribution in [0.2, 0.25) is 0 Å². The molecule has 0 heterocycles. The Balaban J connectivity index is 3.45. The maximum absolute atomic E-state index is 12.7. The largest absolute Gasteiger partial charge is 0.462 e. The van der Waals surface area contributed by atoms with Crippen molar-refractivity contribution in [2.75, 3.05) is 6.61 Å². The van der Waals surface area contributed by atoms with E-state index in [4.69, 9.17) is 5.26 Å². The number of alkyl halides is 3. The third kappa shape index (κ3) is 3.13. The molecule has 0 saturated carbocycles. The van der Waals surface area contributed by atoms with Crippen LogP contribution in [-0.4, -0.2) is 12.6 Å². The van der Waals surface area contributed by atoms with Crippen molar-refractivity contribution < 1.29 is 22.7 Å². The lowest BCUT2D eigenvalue weighted by molar-refractivity contribution is -0.138. The van der Waals surface area contributed by atoms with Gasteiger partial charge in [0.25, 0.3) is 0 Å². The molecule has 0 amide bonds. The molecule has 0 fully saturated rings. The highest BCUT2D eigenvalue weighted by atomic mass is 127. The fraction of sp³-hybridized carbons (Fsp3) is 0.273. The van der Waals surface area contributed by atoms with E-state index in [0.29, 0.717) is 6.07 Å². The van der Waals surface area contributed by atoms with E-state index in [9.17, 15) is 18.0 Å². The van der Waals surface area contributed by atoms with Crippen molar-refractivity contribution in [3.05, 3.63) is 32.4 Å². The second-order valence-electron chi connectivity index (χ2n) is 3.22. The molecule has 0 aromatic heterocycles. The maximum Gasteiger partial charge on any atom is 0.417 e. The molecule has 7 heteroatoms. The van der Waals surface area contributed by atoms with Crippen LogP contribution in [-0.2, 0) is 10.9 Å². The number of carbonyl (C=O) groups is 1. The van der Waals surface area contributed by atoms with Crippen molar-refractivity contribution in [1.29, 1.82) is 5.26 Å². The van der Waals surface area contributed by atoms with Gasteiger partial charge in [-0.05, 0) is 41.6 Å². The summed E-state index contributed by atoms with van der Waals surface area (Å²) < 4.78 is 42.6. The van der Waals surface area contributed by atoms with Crippen molar-refractivity contribution >= 4 is 28.6 Å². The molecule has 1 aromatic rings. The molecule has 0 aliphatic rings. The number of ether oxygens (including phenoxy) is 1. The van der Waals surface area contributed by atoms with Crippen molar-refractivity contribution in [3.8, 4) is 6.07 Å². The van der Waals surface area contributed by atoms with E-state index in [-0.39, 0.29) is 21.3 Å². The van der Waals surface area contributed by atoms with Gasteiger partial charge >= 0.3 is 12.1 Å². The zero-order valence-electron chi connectivity index (χ0n) is 9.14. The van der Waals surface area contributed by atoms with Gasteiger partial charge in [0.2, 0.25) is 0 Å². The zero-order valence-corrected chi connectivity index (χ0v) is 11.3. The average molecular weight is 369 g/mol. The van der Waals surface area contributed by atoms with E-state index in [1.54, 1.807) is 13.0 Å². The number of hydrogen-bond donors (Lipinski definition) is 0. The summed E-state index contributed by atoms with van der Waals surface area (Å²) in [4.78, 5) is 11.5. The monoisotopic (exact) mass is 369 g/mol. The first-order valence-electron chi connectivity index (χ1n) is 4.79. The third-order valence-corrected chi connectivity index (χ3v) is 3.16. The summed E-state index contributed by atoms with van der Waals surface area (Å²) >= 11 is 1.42. The number of hydrogen-bond acceptors (Lipinski definition) is 3. The topological polar surface area (TPSA) is 50.1 Å². The van der Waals surface area contributed by atoms with Gasteiger partial charge in [-0.2, -0.15) is 18.4 Å². The highest BCUT2D eigenvalue weighted by Crippen LogP contribution is 2.35. The first-order valence-corrected chi connectivity index (χ1v) is 5.87. The molecule has 0 aliphatic carbocycles. The molecule has 0 N–H and O–H groups in total. The van der Waals surface area contributed by atoms with Gasteiger partial charge < -0.3 is 4.74 Å². The van der Waals surface area contributed by atoms with E-state index < -0.39 is 17.7 Å². The molecule has 0 radical (unpaired) electrons. The summed E-state index contributed by atoms with van der Waals surface area (Å²) in [6.45, 7) is 1.59. The second kappa shape index (κ2) is 5.56. The average Bonchev–Trinajstić information content (AvgIpc) is 2.28. The molecule has 3 nitrogen and oxygen atoms in total. The summed E-state index contributed by atoms with van der Waals surface area (Å²) in [7, 11) is 0. The van der Waals surface area contributed by atoms with E-state index >= 15 is 0 Å². The fourth-order valence-corrected chi connectivity index (χ4v) is 2.09. The Morgan fingerprint density at radius 1 is 1.50 bits per heavy atom. The van der Waals surface area contributed by atoms with Crippen LogP contribution in [0.3, 0.4) is 0 Å². The minimum atomic E-state index is -4.62. The zero-order chi connectivity index (χ0) is 13.9. The molecule has 0 spiro atoms. The number of nitrogens with zero attached hydrogens (tertiary/aromatic N) is 1. The first kappa shape index (κ1) is 14.8. The van der Waals surface area contributed by atoms with Crippen LogP contribution in [0, 0.1) is 14.9 Å². The number of rotatable bonds is 2. The molecule has 0 aliphatic heterocycles. The van der Waals surface area contributed by atoms with Gasteiger partial charge in [0.1, 0.15) is 0 Å². The highest BCUT2D eigenvalue weighted by Gasteiger charge is 2.35. The maximum atomic E-state index is 12.7. The van der Waals surface area contributed by atoms with Gasteiger partial charge in [-0.25, -0.2) is 4.79 Å². The molecule has 0 bridgehead atoms. The Bertz CT molecular complexity index is 520. The highest BCUT2D eigenvalue weighted by molar-refractivity contribution is 14.1. The molecule has 96 valence electrons. The Morgan fingerprint density at radius 3 is 2.56 bits per heavy atom. The van der Waals surface area contributed by atoms with Gasteiger partial charge in [-0.3, -0.25) is 0 Å². The Morgan fingerprint density at radius 2 is 2.11 bits per heavy atom. The summed E-state index contributed by atoms with van der Waals surface area (Å²) in [5, 5.41) is 8.68. The lowest BCUT2D eigenvalue weighted by atomic mass is 10.1. The minimum Gasteiger partial charge on any atom is -0.462 e. The van der Waals surface area contributed by atoms with Crippen molar-refractivity contribution in [2.45, 2.75) is 13.1 Å². The van der Waals surface area contributed by atoms with E-state index in [2.05, 4.69) is 4.74 Å². The van der Waals surface area contributed by atoms with Crippen LogP contribution < -0.4 is 0 Å². The van der Waals surface area contributed by atoms with Crippen molar-refractivity contribution in [2.24, 2.45) is 0 Å². The van der Waals surface area contributed by atoms with Gasteiger partial charge in [0, 0.05) is 3.57 Å². The van der Waals surface area contributed by atoms with Crippen LogP contribution >= 0.6 is 22.6 Å². The Kier molecular flexibility index (Phi) is 4.56. The number of esters is 1. The number of carbonyl (C=O) groups excluding carboxylic acids is 1. The lowest BCUT2D eigenvalue weighted by Gasteiger charge is -2.12. The number of halogens is 4. The predicted molar refractivity (Wildman–Crippen MR) is 64.8 cm³/mol.